The Hall–Kier alpha value is -2.70. The zero-order chi connectivity index (χ0) is 14.7. The Morgan fingerprint density at radius 1 is 1.40 bits per heavy atom. The molecule has 0 aliphatic carbocycles. The maximum Gasteiger partial charge on any atom is 0.328 e. The zero-order valence-corrected chi connectivity index (χ0v) is 11.1. The van der Waals surface area contributed by atoms with Gasteiger partial charge >= 0.3 is 5.97 Å². The van der Waals surface area contributed by atoms with Crippen LogP contribution in [0.15, 0.2) is 30.6 Å². The molecule has 0 fully saturated rings. The van der Waals surface area contributed by atoms with Gasteiger partial charge in [-0.05, 0) is 37.6 Å². The van der Waals surface area contributed by atoms with Crippen LogP contribution in [0.4, 0.5) is 5.82 Å². The highest BCUT2D eigenvalue weighted by Gasteiger charge is 2.17. The van der Waals surface area contributed by atoms with E-state index in [-0.39, 0.29) is 5.69 Å². The second-order valence-electron chi connectivity index (χ2n) is 4.37. The van der Waals surface area contributed by atoms with E-state index < -0.39 is 17.9 Å². The molecule has 7 heteroatoms. The van der Waals surface area contributed by atoms with Crippen LogP contribution in [0.2, 0.25) is 0 Å². The monoisotopic (exact) mass is 274 g/mol. The molecule has 2 aromatic heterocycles. The van der Waals surface area contributed by atoms with Gasteiger partial charge in [-0.25, -0.2) is 9.78 Å². The SMILES string of the molecule is Cc1ccnc(NC(=O)c2ccn(C(C)C(=O)O)n2)c1. The van der Waals surface area contributed by atoms with Crippen molar-refractivity contribution in [2.24, 2.45) is 0 Å². The van der Waals surface area contributed by atoms with Gasteiger partial charge in [0.2, 0.25) is 0 Å². The lowest BCUT2D eigenvalue weighted by atomic mass is 10.3. The average Bonchev–Trinajstić information content (AvgIpc) is 2.87. The molecule has 0 spiro atoms. The highest BCUT2D eigenvalue weighted by atomic mass is 16.4. The summed E-state index contributed by atoms with van der Waals surface area (Å²) in [6.07, 6.45) is 3.05. The Morgan fingerprint density at radius 3 is 2.80 bits per heavy atom. The predicted octanol–water partition coefficient (Wildman–Crippen LogP) is 1.48. The number of anilines is 1. The highest BCUT2D eigenvalue weighted by molar-refractivity contribution is 6.02. The van der Waals surface area contributed by atoms with E-state index in [1.54, 1.807) is 12.3 Å². The van der Waals surface area contributed by atoms with Gasteiger partial charge in [0.15, 0.2) is 5.69 Å². The number of carboxylic acid groups (broad SMARTS) is 1. The summed E-state index contributed by atoms with van der Waals surface area (Å²) in [6.45, 7) is 3.37. The van der Waals surface area contributed by atoms with Crippen LogP contribution >= 0.6 is 0 Å². The van der Waals surface area contributed by atoms with E-state index in [0.717, 1.165) is 5.56 Å². The normalized spacial score (nSPS) is 11.9. The number of carboxylic acids is 1. The minimum atomic E-state index is -1.01. The number of rotatable bonds is 4. The van der Waals surface area contributed by atoms with Crippen LogP contribution in [0, 0.1) is 6.92 Å². The van der Waals surface area contributed by atoms with E-state index in [9.17, 15) is 9.59 Å². The fraction of sp³-hybridized carbons (Fsp3) is 0.231. The average molecular weight is 274 g/mol. The molecule has 0 aliphatic rings. The fourth-order valence-electron chi connectivity index (χ4n) is 1.57. The minimum absolute atomic E-state index is 0.140. The smallest absolute Gasteiger partial charge is 0.328 e. The van der Waals surface area contributed by atoms with Crippen LogP contribution in [0.25, 0.3) is 0 Å². The molecule has 0 saturated heterocycles. The van der Waals surface area contributed by atoms with E-state index in [1.165, 1.54) is 23.9 Å². The molecule has 2 heterocycles. The second-order valence-corrected chi connectivity index (χ2v) is 4.37. The van der Waals surface area contributed by atoms with E-state index in [2.05, 4.69) is 15.4 Å². The highest BCUT2D eigenvalue weighted by Crippen LogP contribution is 2.09. The lowest BCUT2D eigenvalue weighted by Crippen LogP contribution is -2.18. The number of carbonyl (C=O) groups is 2. The van der Waals surface area contributed by atoms with Crippen molar-refractivity contribution in [1.82, 2.24) is 14.8 Å². The van der Waals surface area contributed by atoms with Crippen molar-refractivity contribution in [3.05, 3.63) is 41.9 Å². The van der Waals surface area contributed by atoms with Gasteiger partial charge in [-0.1, -0.05) is 0 Å². The zero-order valence-electron chi connectivity index (χ0n) is 11.1. The van der Waals surface area contributed by atoms with Gasteiger partial charge in [-0.2, -0.15) is 5.10 Å². The standard InChI is InChI=1S/C13H14N4O3/c1-8-3-5-14-11(7-8)15-12(18)10-4-6-17(16-10)9(2)13(19)20/h3-7,9H,1-2H3,(H,19,20)(H,14,15,18). The van der Waals surface area contributed by atoms with E-state index >= 15 is 0 Å². The third kappa shape index (κ3) is 3.00. The maximum atomic E-state index is 12.0. The van der Waals surface area contributed by atoms with Crippen molar-refractivity contribution >= 4 is 17.7 Å². The van der Waals surface area contributed by atoms with Gasteiger partial charge in [0.25, 0.3) is 5.91 Å². The van der Waals surface area contributed by atoms with E-state index in [0.29, 0.717) is 5.82 Å². The molecule has 20 heavy (non-hydrogen) atoms. The van der Waals surface area contributed by atoms with Crippen LogP contribution in [-0.2, 0) is 4.79 Å². The van der Waals surface area contributed by atoms with Crippen LogP contribution in [0.5, 0.6) is 0 Å². The number of nitrogens with zero attached hydrogens (tertiary/aromatic N) is 3. The molecule has 0 saturated carbocycles. The van der Waals surface area contributed by atoms with Crippen LogP contribution < -0.4 is 5.32 Å². The Balaban J connectivity index is 2.12. The van der Waals surface area contributed by atoms with Crippen molar-refractivity contribution in [3.63, 3.8) is 0 Å². The Kier molecular flexibility index (Phi) is 3.79. The lowest BCUT2D eigenvalue weighted by Gasteiger charge is -2.06. The molecular formula is C13H14N4O3. The Bertz CT molecular complexity index is 651. The number of carbonyl (C=O) groups excluding carboxylic acids is 1. The first-order valence-electron chi connectivity index (χ1n) is 5.99. The number of aromatic nitrogens is 3. The molecular weight excluding hydrogens is 260 g/mol. The quantitative estimate of drug-likeness (QED) is 0.880. The molecule has 2 rings (SSSR count). The summed E-state index contributed by atoms with van der Waals surface area (Å²) in [5.74, 6) is -1.02. The molecule has 1 amide bonds. The van der Waals surface area contributed by atoms with Gasteiger partial charge in [0, 0.05) is 12.4 Å². The molecule has 0 bridgehead atoms. The molecule has 1 unspecified atom stereocenters. The van der Waals surface area contributed by atoms with Gasteiger partial charge in [-0.3, -0.25) is 9.48 Å². The van der Waals surface area contributed by atoms with Gasteiger partial charge in [-0.15, -0.1) is 0 Å². The summed E-state index contributed by atoms with van der Waals surface area (Å²) in [5, 5.41) is 15.4. The first kappa shape index (κ1) is 13.7. The number of nitrogens with one attached hydrogen (secondary N) is 1. The number of hydrogen-bond acceptors (Lipinski definition) is 4. The molecule has 0 radical (unpaired) electrons. The maximum absolute atomic E-state index is 12.0. The third-order valence-corrected chi connectivity index (χ3v) is 2.75. The first-order valence-corrected chi connectivity index (χ1v) is 5.99. The largest absolute Gasteiger partial charge is 0.480 e. The number of aliphatic carboxylic acids is 1. The van der Waals surface area contributed by atoms with Gasteiger partial charge in [0.05, 0.1) is 0 Å². The molecule has 7 nitrogen and oxygen atoms in total. The summed E-state index contributed by atoms with van der Waals surface area (Å²) < 4.78 is 1.22. The van der Waals surface area contributed by atoms with Crippen LogP contribution in [0.3, 0.4) is 0 Å². The lowest BCUT2D eigenvalue weighted by molar-refractivity contribution is -0.140. The molecule has 2 aromatic rings. The molecule has 0 aliphatic heterocycles. The van der Waals surface area contributed by atoms with E-state index in [1.807, 2.05) is 13.0 Å². The number of amides is 1. The molecule has 104 valence electrons. The van der Waals surface area contributed by atoms with Crippen molar-refractivity contribution in [2.75, 3.05) is 5.32 Å². The first-order chi connectivity index (χ1) is 9.47. The number of pyridine rings is 1. The van der Waals surface area contributed by atoms with Crippen LogP contribution in [0.1, 0.15) is 29.0 Å². The number of hydrogen-bond donors (Lipinski definition) is 2. The second kappa shape index (κ2) is 5.52. The molecule has 2 N–H and O–H groups in total. The van der Waals surface area contributed by atoms with E-state index in [4.69, 9.17) is 5.11 Å². The van der Waals surface area contributed by atoms with Gasteiger partial charge < -0.3 is 10.4 Å². The Labute approximate surface area is 115 Å². The van der Waals surface area contributed by atoms with Crippen molar-refractivity contribution in [3.8, 4) is 0 Å². The van der Waals surface area contributed by atoms with Gasteiger partial charge in [0.1, 0.15) is 11.9 Å². The summed E-state index contributed by atoms with van der Waals surface area (Å²) in [7, 11) is 0. The minimum Gasteiger partial charge on any atom is -0.480 e. The van der Waals surface area contributed by atoms with Crippen molar-refractivity contribution < 1.29 is 14.7 Å². The fourth-order valence-corrected chi connectivity index (χ4v) is 1.57. The Morgan fingerprint density at radius 2 is 2.15 bits per heavy atom. The summed E-state index contributed by atoms with van der Waals surface area (Å²) in [6, 6.07) is 4.19. The topological polar surface area (TPSA) is 97.1 Å². The molecule has 1 atom stereocenters. The summed E-state index contributed by atoms with van der Waals surface area (Å²) in [4.78, 5) is 26.8. The molecule has 0 aromatic carbocycles. The predicted molar refractivity (Wildman–Crippen MR) is 71.5 cm³/mol. The van der Waals surface area contributed by atoms with Crippen molar-refractivity contribution in [2.45, 2.75) is 19.9 Å². The summed E-state index contributed by atoms with van der Waals surface area (Å²) in [5.41, 5.74) is 1.11. The number of aryl methyl sites for hydroxylation is 1. The van der Waals surface area contributed by atoms with Crippen LogP contribution in [-0.4, -0.2) is 31.7 Å². The van der Waals surface area contributed by atoms with Crippen molar-refractivity contribution in [1.29, 1.82) is 0 Å². The third-order valence-electron chi connectivity index (χ3n) is 2.75. The summed E-state index contributed by atoms with van der Waals surface area (Å²) >= 11 is 0.